The first-order valence-corrected chi connectivity index (χ1v) is 6.20. The second-order valence-corrected chi connectivity index (χ2v) is 5.35. The molecule has 0 amide bonds. The van der Waals surface area contributed by atoms with Crippen LogP contribution in [0.3, 0.4) is 0 Å². The Bertz CT molecular complexity index is 635. The van der Waals surface area contributed by atoms with E-state index in [0.29, 0.717) is 11.1 Å². The van der Waals surface area contributed by atoms with Crippen molar-refractivity contribution in [2.45, 2.75) is 31.2 Å². The number of phenols is 2. The van der Waals surface area contributed by atoms with Gasteiger partial charge in [0.1, 0.15) is 22.7 Å². The number of aliphatic hydroxyl groups is 2. The van der Waals surface area contributed by atoms with Crippen molar-refractivity contribution in [3.63, 3.8) is 0 Å². The highest BCUT2D eigenvalue weighted by Gasteiger charge is 2.47. The molecule has 3 rings (SSSR count). The molecule has 3 atom stereocenters. The molecule has 0 spiro atoms. The highest BCUT2D eigenvalue weighted by atomic mass is 16.6. The molecule has 6 heteroatoms. The van der Waals surface area contributed by atoms with Crippen molar-refractivity contribution in [2.24, 2.45) is 0 Å². The van der Waals surface area contributed by atoms with E-state index < -0.39 is 23.8 Å². The average molecular weight is 278 g/mol. The van der Waals surface area contributed by atoms with Gasteiger partial charge >= 0.3 is 5.97 Å². The highest BCUT2D eigenvalue weighted by molar-refractivity contribution is 6.03. The summed E-state index contributed by atoms with van der Waals surface area (Å²) in [5, 5.41) is 38.9. The van der Waals surface area contributed by atoms with Gasteiger partial charge in [-0.25, -0.2) is 4.79 Å². The zero-order valence-corrected chi connectivity index (χ0v) is 10.7. The van der Waals surface area contributed by atoms with Gasteiger partial charge in [0.2, 0.25) is 0 Å². The minimum atomic E-state index is -1.09. The van der Waals surface area contributed by atoms with Crippen LogP contribution in [0.4, 0.5) is 0 Å². The summed E-state index contributed by atoms with van der Waals surface area (Å²) in [6, 6.07) is 2.39. The van der Waals surface area contributed by atoms with Gasteiger partial charge in [-0.05, 0) is 19.1 Å². The largest absolute Gasteiger partial charge is 0.508 e. The Hall–Kier alpha value is -2.05. The Morgan fingerprint density at radius 2 is 2.00 bits per heavy atom. The zero-order valence-electron chi connectivity index (χ0n) is 10.7. The molecule has 106 valence electrons. The number of esters is 1. The van der Waals surface area contributed by atoms with Gasteiger partial charge in [-0.3, -0.25) is 0 Å². The van der Waals surface area contributed by atoms with E-state index >= 15 is 0 Å². The molecule has 0 fully saturated rings. The molecule has 1 heterocycles. The van der Waals surface area contributed by atoms with Crippen molar-refractivity contribution in [3.05, 3.63) is 29.3 Å². The monoisotopic (exact) mass is 278 g/mol. The van der Waals surface area contributed by atoms with E-state index in [1.165, 1.54) is 12.1 Å². The van der Waals surface area contributed by atoms with Crippen LogP contribution < -0.4 is 0 Å². The molecule has 1 aromatic rings. The molecule has 0 saturated carbocycles. The average Bonchev–Trinajstić information content (AvgIpc) is 2.31. The third kappa shape index (κ3) is 1.69. The molecule has 4 N–H and O–H groups in total. The number of hydrogen-bond donors (Lipinski definition) is 4. The maximum atomic E-state index is 12.0. The Morgan fingerprint density at radius 3 is 2.70 bits per heavy atom. The fourth-order valence-electron chi connectivity index (χ4n) is 2.85. The van der Waals surface area contributed by atoms with Crippen LogP contribution in [0.5, 0.6) is 11.5 Å². The van der Waals surface area contributed by atoms with Crippen LogP contribution in [0.15, 0.2) is 18.2 Å². The van der Waals surface area contributed by atoms with Crippen LogP contribution in [-0.2, 0) is 4.74 Å². The fourth-order valence-corrected chi connectivity index (χ4v) is 2.85. The van der Waals surface area contributed by atoms with Crippen molar-refractivity contribution in [3.8, 4) is 11.5 Å². The van der Waals surface area contributed by atoms with Crippen LogP contribution in [0, 0.1) is 0 Å². The number of ether oxygens (including phenoxy) is 1. The number of rotatable bonds is 0. The first-order valence-electron chi connectivity index (χ1n) is 6.20. The summed E-state index contributed by atoms with van der Waals surface area (Å²) < 4.78 is 5.32. The molecule has 1 aliphatic heterocycles. The molecule has 0 bridgehead atoms. The summed E-state index contributed by atoms with van der Waals surface area (Å²) >= 11 is 0. The number of aromatic hydroxyl groups is 2. The van der Waals surface area contributed by atoms with Crippen LogP contribution in [0.1, 0.15) is 29.3 Å². The molecule has 0 aromatic heterocycles. The highest BCUT2D eigenvalue weighted by Crippen LogP contribution is 2.47. The first kappa shape index (κ1) is 13.0. The SMILES string of the molecule is C[C@@]12C[C@@H](O)[C@H](O)C=C1c1cc(O)cc(O)c1C(=O)O2. The van der Waals surface area contributed by atoms with Gasteiger partial charge in [0.05, 0.1) is 12.2 Å². The predicted molar refractivity (Wildman–Crippen MR) is 68.2 cm³/mol. The Kier molecular flexibility index (Phi) is 2.57. The third-order valence-corrected chi connectivity index (χ3v) is 3.81. The molecule has 1 aliphatic carbocycles. The smallest absolute Gasteiger partial charge is 0.343 e. The summed E-state index contributed by atoms with van der Waals surface area (Å²) in [7, 11) is 0. The lowest BCUT2D eigenvalue weighted by Crippen LogP contribution is -2.47. The van der Waals surface area contributed by atoms with Crippen LogP contribution >= 0.6 is 0 Å². The van der Waals surface area contributed by atoms with Crippen LogP contribution in [0.25, 0.3) is 5.57 Å². The number of fused-ring (bicyclic) bond motifs is 3. The number of carbonyl (C=O) groups excluding carboxylic acids is 1. The number of aliphatic hydroxyl groups excluding tert-OH is 2. The first-order chi connectivity index (χ1) is 9.32. The normalized spacial score (nSPS) is 31.9. The lowest BCUT2D eigenvalue weighted by Gasteiger charge is -2.42. The van der Waals surface area contributed by atoms with Gasteiger partial charge in [0.25, 0.3) is 0 Å². The number of hydrogen-bond acceptors (Lipinski definition) is 6. The summed E-state index contributed by atoms with van der Waals surface area (Å²) in [5.41, 5.74) is -0.360. The molecular weight excluding hydrogens is 264 g/mol. The number of carbonyl (C=O) groups is 1. The number of phenolic OH excluding ortho intramolecular Hbond substituents is 2. The Balaban J connectivity index is 2.28. The summed E-state index contributed by atoms with van der Waals surface area (Å²) in [6.45, 7) is 1.62. The van der Waals surface area contributed by atoms with E-state index in [4.69, 9.17) is 4.74 Å². The molecule has 20 heavy (non-hydrogen) atoms. The molecule has 0 saturated heterocycles. The summed E-state index contributed by atoms with van der Waals surface area (Å²) in [6.07, 6.45) is -0.698. The Morgan fingerprint density at radius 1 is 1.30 bits per heavy atom. The van der Waals surface area contributed by atoms with Crippen molar-refractivity contribution < 1.29 is 30.0 Å². The van der Waals surface area contributed by atoms with Crippen LogP contribution in [0.2, 0.25) is 0 Å². The molecule has 0 radical (unpaired) electrons. The Labute approximate surface area is 114 Å². The predicted octanol–water partition coefficient (Wildman–Crippen LogP) is 0.536. The van der Waals surface area contributed by atoms with Gasteiger partial charge in [-0.2, -0.15) is 0 Å². The summed E-state index contributed by atoms with van der Waals surface area (Å²) in [5.74, 6) is -1.30. The van der Waals surface area contributed by atoms with Crippen molar-refractivity contribution >= 4 is 11.5 Å². The fraction of sp³-hybridized carbons (Fsp3) is 0.357. The van der Waals surface area contributed by atoms with Crippen molar-refractivity contribution in [2.75, 3.05) is 0 Å². The number of benzene rings is 1. The van der Waals surface area contributed by atoms with Gasteiger partial charge < -0.3 is 25.2 Å². The standard InChI is InChI=1S/C14H14O6/c1-14-5-11(18)9(16)4-8(14)7-2-6(15)3-10(17)12(7)13(19)20-14/h2-4,9,11,15-18H,5H2,1H3/t9-,11-,14-/m1/s1. The van der Waals surface area contributed by atoms with Gasteiger partial charge in [-0.1, -0.05) is 0 Å². The van der Waals surface area contributed by atoms with Gasteiger partial charge in [0, 0.05) is 23.6 Å². The maximum absolute atomic E-state index is 12.0. The molecule has 2 aliphatic rings. The van der Waals surface area contributed by atoms with Crippen molar-refractivity contribution in [1.82, 2.24) is 0 Å². The topological polar surface area (TPSA) is 107 Å². The maximum Gasteiger partial charge on any atom is 0.343 e. The molecular formula is C14H14O6. The lowest BCUT2D eigenvalue weighted by atomic mass is 9.75. The minimum Gasteiger partial charge on any atom is -0.508 e. The molecule has 0 unspecified atom stereocenters. The molecule has 1 aromatic carbocycles. The van der Waals surface area contributed by atoms with Gasteiger partial charge in [-0.15, -0.1) is 0 Å². The van der Waals surface area contributed by atoms with E-state index in [-0.39, 0.29) is 23.5 Å². The van der Waals surface area contributed by atoms with E-state index in [1.807, 2.05) is 0 Å². The second-order valence-electron chi connectivity index (χ2n) is 5.35. The lowest BCUT2D eigenvalue weighted by molar-refractivity contribution is -0.0387. The zero-order chi connectivity index (χ0) is 14.7. The summed E-state index contributed by atoms with van der Waals surface area (Å²) in [4.78, 5) is 12.0. The minimum absolute atomic E-state index is 0.0433. The quantitative estimate of drug-likeness (QED) is 0.516. The third-order valence-electron chi connectivity index (χ3n) is 3.81. The van der Waals surface area contributed by atoms with E-state index in [0.717, 1.165) is 6.07 Å². The van der Waals surface area contributed by atoms with E-state index in [9.17, 15) is 25.2 Å². The van der Waals surface area contributed by atoms with Crippen molar-refractivity contribution in [1.29, 1.82) is 0 Å². The van der Waals surface area contributed by atoms with Gasteiger partial charge in [0.15, 0.2) is 0 Å². The molecule has 6 nitrogen and oxygen atoms in total. The second kappa shape index (κ2) is 3.97. The van der Waals surface area contributed by atoms with E-state index in [2.05, 4.69) is 0 Å². The van der Waals surface area contributed by atoms with Crippen LogP contribution in [-0.4, -0.2) is 44.2 Å². The van der Waals surface area contributed by atoms with E-state index in [1.54, 1.807) is 6.92 Å².